The Morgan fingerprint density at radius 1 is 0.536 bits per heavy atom. The third kappa shape index (κ3) is 19.2. The number of rotatable bonds is 20. The molecule has 0 aliphatic rings. The molecule has 0 N–H and O–H groups in total. The minimum absolute atomic E-state index is 0.185. The van der Waals surface area contributed by atoms with E-state index in [1.807, 2.05) is 12.2 Å². The zero-order valence-corrected chi connectivity index (χ0v) is 18.1. The van der Waals surface area contributed by atoms with Crippen LogP contribution in [0.1, 0.15) is 117 Å². The molecule has 0 amide bonds. The molecule has 0 fully saturated rings. The van der Waals surface area contributed by atoms with Crippen LogP contribution < -0.4 is 0 Å². The molecule has 160 valence electrons. The smallest absolute Gasteiger partial charge is 0.133 e. The summed E-state index contributed by atoms with van der Waals surface area (Å²) in [6, 6.07) is 0. The first kappa shape index (κ1) is 26.4. The van der Waals surface area contributed by atoms with E-state index in [1.54, 1.807) is 6.92 Å². The van der Waals surface area contributed by atoms with Gasteiger partial charge in [-0.25, -0.2) is 0 Å². The maximum absolute atomic E-state index is 11.8. The lowest BCUT2D eigenvalue weighted by Gasteiger charge is -2.02. The summed E-state index contributed by atoms with van der Waals surface area (Å²) in [6.45, 7) is 3.67. The predicted molar refractivity (Wildman–Crippen MR) is 114 cm³/mol. The molecule has 0 aromatic rings. The molecule has 28 heavy (non-hydrogen) atoms. The van der Waals surface area contributed by atoms with Crippen LogP contribution in [0.25, 0.3) is 0 Å². The van der Waals surface area contributed by atoms with Gasteiger partial charge >= 0.3 is 0 Å². The van der Waals surface area contributed by atoms with E-state index in [2.05, 4.69) is 6.92 Å². The molecule has 0 aliphatic heterocycles. The van der Waals surface area contributed by atoms with Crippen molar-refractivity contribution in [1.29, 1.82) is 0 Å². The summed E-state index contributed by atoms with van der Waals surface area (Å²) in [6.07, 6.45) is 16.0. The van der Waals surface area contributed by atoms with Crippen molar-refractivity contribution in [2.24, 2.45) is 0 Å². The van der Waals surface area contributed by atoms with E-state index < -0.39 is 0 Å². The van der Waals surface area contributed by atoms with E-state index in [4.69, 9.17) is 0 Å². The number of unbranched alkanes of at least 4 members (excludes halogenated alkanes) is 4. The van der Waals surface area contributed by atoms with Crippen molar-refractivity contribution in [2.75, 3.05) is 0 Å². The average molecular weight is 393 g/mol. The minimum atomic E-state index is 0.185. The van der Waals surface area contributed by atoms with Crippen molar-refractivity contribution in [1.82, 2.24) is 0 Å². The van der Waals surface area contributed by atoms with Gasteiger partial charge in [0.15, 0.2) is 0 Å². The highest BCUT2D eigenvalue weighted by atomic mass is 16.1. The number of carbonyl (C=O) groups is 4. The summed E-state index contributed by atoms with van der Waals surface area (Å²) in [7, 11) is 0. The number of hydrogen-bond donors (Lipinski definition) is 0. The van der Waals surface area contributed by atoms with Gasteiger partial charge in [0.25, 0.3) is 0 Å². The molecule has 0 atom stereocenters. The molecule has 0 heterocycles. The van der Waals surface area contributed by atoms with Crippen LogP contribution in [0, 0.1) is 0 Å². The third-order valence-electron chi connectivity index (χ3n) is 4.80. The predicted octanol–water partition coefficient (Wildman–Crippen LogP) is 6.10. The molecule has 4 nitrogen and oxygen atoms in total. The van der Waals surface area contributed by atoms with Crippen LogP contribution in [0.4, 0.5) is 0 Å². The fraction of sp³-hybridized carbons (Fsp3) is 0.750. The zero-order valence-electron chi connectivity index (χ0n) is 18.1. The molecule has 0 rings (SSSR count). The van der Waals surface area contributed by atoms with Crippen LogP contribution in [0.2, 0.25) is 0 Å². The van der Waals surface area contributed by atoms with Crippen LogP contribution in [-0.4, -0.2) is 23.1 Å². The second-order valence-corrected chi connectivity index (χ2v) is 7.74. The minimum Gasteiger partial charge on any atom is -0.300 e. The van der Waals surface area contributed by atoms with Crippen LogP contribution in [0.15, 0.2) is 12.2 Å². The summed E-state index contributed by atoms with van der Waals surface area (Å²) in [5, 5.41) is 0. The lowest BCUT2D eigenvalue weighted by molar-refractivity contribution is -0.120. The van der Waals surface area contributed by atoms with Crippen molar-refractivity contribution >= 4 is 23.1 Å². The second-order valence-electron chi connectivity index (χ2n) is 7.74. The van der Waals surface area contributed by atoms with E-state index in [1.165, 1.54) is 0 Å². The monoisotopic (exact) mass is 392 g/mol. The second kappa shape index (κ2) is 18.8. The molecule has 0 saturated heterocycles. The quantitative estimate of drug-likeness (QED) is 0.185. The highest BCUT2D eigenvalue weighted by Crippen LogP contribution is 2.10. The lowest BCUT2D eigenvalue weighted by atomic mass is 10.0. The Kier molecular flexibility index (Phi) is 17.7. The van der Waals surface area contributed by atoms with E-state index in [0.29, 0.717) is 50.7 Å². The van der Waals surface area contributed by atoms with Gasteiger partial charge in [-0.15, -0.1) is 0 Å². The third-order valence-corrected chi connectivity index (χ3v) is 4.80. The topological polar surface area (TPSA) is 68.3 Å². The zero-order chi connectivity index (χ0) is 21.0. The summed E-state index contributed by atoms with van der Waals surface area (Å²) < 4.78 is 0. The number of allylic oxidation sites excluding steroid dienone is 2. The van der Waals surface area contributed by atoms with Gasteiger partial charge in [-0.2, -0.15) is 0 Å². The van der Waals surface area contributed by atoms with Crippen molar-refractivity contribution in [2.45, 2.75) is 117 Å². The molecule has 0 radical (unpaired) electrons. The van der Waals surface area contributed by atoms with E-state index >= 15 is 0 Å². The van der Waals surface area contributed by atoms with E-state index in [-0.39, 0.29) is 17.3 Å². The highest BCUT2D eigenvalue weighted by molar-refractivity contribution is 5.79. The Morgan fingerprint density at radius 2 is 0.929 bits per heavy atom. The fourth-order valence-corrected chi connectivity index (χ4v) is 2.99. The average Bonchev–Trinajstić information content (AvgIpc) is 2.65. The number of hydrogen-bond acceptors (Lipinski definition) is 4. The number of ketones is 4. The molecule has 0 bridgehead atoms. The molecular weight excluding hydrogens is 352 g/mol. The van der Waals surface area contributed by atoms with Gasteiger partial charge in [0.1, 0.15) is 23.1 Å². The largest absolute Gasteiger partial charge is 0.300 e. The Bertz CT molecular complexity index is 491. The Morgan fingerprint density at radius 3 is 1.39 bits per heavy atom. The SMILES string of the molecule is CCCCC(=O)CC/C=C/CCC(=O)CCCCCC(=O)CCCCC(C)=O. The standard InChI is InChI=1S/C24H40O4/c1-3-4-15-22(26)16-8-5-6-9-17-23(27)18-10-7-11-19-24(28)20-13-12-14-21(2)25/h5-6H,3-4,7-20H2,1-2H3/b6-5+. The van der Waals surface area contributed by atoms with Crippen LogP contribution in [0.5, 0.6) is 0 Å². The molecule has 0 unspecified atom stereocenters. The molecule has 0 saturated carbocycles. The van der Waals surface area contributed by atoms with Gasteiger partial charge in [0, 0.05) is 44.9 Å². The molecule has 0 spiro atoms. The lowest BCUT2D eigenvalue weighted by Crippen LogP contribution is -2.00. The van der Waals surface area contributed by atoms with Crippen molar-refractivity contribution in [3.05, 3.63) is 12.2 Å². The van der Waals surface area contributed by atoms with Crippen LogP contribution >= 0.6 is 0 Å². The normalized spacial score (nSPS) is 11.1. The van der Waals surface area contributed by atoms with Crippen molar-refractivity contribution < 1.29 is 19.2 Å². The Labute approximate surface area is 171 Å². The molecular formula is C24H40O4. The number of Topliss-reactive ketones (excluding diaryl/α,β-unsaturated/α-hetero) is 4. The van der Waals surface area contributed by atoms with Crippen molar-refractivity contribution in [3.8, 4) is 0 Å². The van der Waals surface area contributed by atoms with Gasteiger partial charge in [-0.05, 0) is 51.9 Å². The maximum Gasteiger partial charge on any atom is 0.133 e. The fourth-order valence-electron chi connectivity index (χ4n) is 2.99. The number of carbonyl (C=O) groups excluding carboxylic acids is 4. The summed E-state index contributed by atoms with van der Waals surface area (Å²) in [5.74, 6) is 1.06. The van der Waals surface area contributed by atoms with Gasteiger partial charge < -0.3 is 4.79 Å². The maximum atomic E-state index is 11.8. The van der Waals surface area contributed by atoms with Crippen molar-refractivity contribution in [3.63, 3.8) is 0 Å². The molecule has 4 heteroatoms. The van der Waals surface area contributed by atoms with Gasteiger partial charge in [0.05, 0.1) is 0 Å². The van der Waals surface area contributed by atoms with Crippen LogP contribution in [0.3, 0.4) is 0 Å². The Balaban J connectivity index is 3.50. The van der Waals surface area contributed by atoms with Gasteiger partial charge in [-0.3, -0.25) is 14.4 Å². The summed E-state index contributed by atoms with van der Waals surface area (Å²) >= 11 is 0. The first-order valence-electron chi connectivity index (χ1n) is 11.1. The first-order valence-corrected chi connectivity index (χ1v) is 11.1. The van der Waals surface area contributed by atoms with Gasteiger partial charge in [-0.1, -0.05) is 31.9 Å². The summed E-state index contributed by atoms with van der Waals surface area (Å²) in [4.78, 5) is 45.9. The molecule has 0 aromatic carbocycles. The summed E-state index contributed by atoms with van der Waals surface area (Å²) in [5.41, 5.74) is 0. The highest BCUT2D eigenvalue weighted by Gasteiger charge is 2.04. The molecule has 0 aromatic heterocycles. The Hall–Kier alpha value is -1.58. The van der Waals surface area contributed by atoms with E-state index in [0.717, 1.165) is 57.8 Å². The van der Waals surface area contributed by atoms with Gasteiger partial charge in [0.2, 0.25) is 0 Å². The first-order chi connectivity index (χ1) is 13.5. The molecule has 0 aliphatic carbocycles. The van der Waals surface area contributed by atoms with Crippen LogP contribution in [-0.2, 0) is 19.2 Å². The van der Waals surface area contributed by atoms with E-state index in [9.17, 15) is 19.2 Å².